The molecule has 1 aliphatic heterocycles. The van der Waals surface area contributed by atoms with E-state index in [0.717, 1.165) is 30.6 Å². The minimum Gasteiger partial charge on any atom is -0.353 e. The third-order valence-corrected chi connectivity index (χ3v) is 6.72. The highest BCUT2D eigenvalue weighted by atomic mass is 32.2. The minimum atomic E-state index is -3.28. The number of benzene rings is 1. The molecule has 7 heteroatoms. The van der Waals surface area contributed by atoms with Crippen molar-refractivity contribution in [1.82, 2.24) is 15.1 Å². The Balaban J connectivity index is 1.58. The van der Waals surface area contributed by atoms with Gasteiger partial charge in [0.05, 0.1) is 16.6 Å². The molecule has 1 aromatic heterocycles. The summed E-state index contributed by atoms with van der Waals surface area (Å²) in [6.07, 6.45) is 3.69. The predicted molar refractivity (Wildman–Crippen MR) is 94.9 cm³/mol. The summed E-state index contributed by atoms with van der Waals surface area (Å²) in [4.78, 5) is 12.6. The van der Waals surface area contributed by atoms with E-state index in [1.165, 1.54) is 0 Å². The molecule has 0 aliphatic carbocycles. The molecule has 0 fully saturated rings. The van der Waals surface area contributed by atoms with Crippen LogP contribution in [0.4, 0.5) is 0 Å². The Morgan fingerprint density at radius 2 is 2.00 bits per heavy atom. The lowest BCUT2D eigenvalue weighted by atomic mass is 10.0. The summed E-state index contributed by atoms with van der Waals surface area (Å²) in [7, 11) is -3.28. The lowest BCUT2D eigenvalue weighted by Gasteiger charge is -2.24. The molecule has 0 spiro atoms. The molecule has 1 atom stereocenters. The number of rotatable bonds is 5. The highest BCUT2D eigenvalue weighted by molar-refractivity contribution is 7.92. The van der Waals surface area contributed by atoms with Gasteiger partial charge in [-0.25, -0.2) is 8.42 Å². The van der Waals surface area contributed by atoms with Crippen molar-refractivity contribution in [3.05, 3.63) is 47.8 Å². The third kappa shape index (κ3) is 3.92. The standard InChI is InChI=1S/C18H23N3O3S/c1-13(2)25(23,24)17-5-3-14(4-6-17)11-18(22)20-15-8-10-21-16(12-15)7-9-19-21/h3-7,9,13,15H,8,10-12H2,1-2H3,(H,20,22). The molecule has 0 saturated heterocycles. The lowest BCUT2D eigenvalue weighted by Crippen LogP contribution is -2.40. The molecule has 134 valence electrons. The zero-order valence-electron chi connectivity index (χ0n) is 14.5. The number of nitrogens with one attached hydrogen (secondary N) is 1. The van der Waals surface area contributed by atoms with Crippen LogP contribution in [0.1, 0.15) is 31.5 Å². The van der Waals surface area contributed by atoms with Crippen LogP contribution in [-0.4, -0.2) is 35.4 Å². The second kappa shape index (κ2) is 7.00. The van der Waals surface area contributed by atoms with E-state index in [4.69, 9.17) is 0 Å². The van der Waals surface area contributed by atoms with E-state index < -0.39 is 15.1 Å². The third-order valence-electron chi connectivity index (χ3n) is 4.55. The number of nitrogens with zero attached hydrogens (tertiary/aromatic N) is 2. The molecule has 6 nitrogen and oxygen atoms in total. The monoisotopic (exact) mass is 361 g/mol. The molecule has 0 saturated carbocycles. The summed E-state index contributed by atoms with van der Waals surface area (Å²) in [5.41, 5.74) is 1.95. The molecule has 2 aromatic rings. The quantitative estimate of drug-likeness (QED) is 0.879. The van der Waals surface area contributed by atoms with Gasteiger partial charge >= 0.3 is 0 Å². The molecular weight excluding hydrogens is 338 g/mol. The van der Waals surface area contributed by atoms with Gasteiger partial charge in [0, 0.05) is 30.9 Å². The molecule has 25 heavy (non-hydrogen) atoms. The number of sulfone groups is 1. The molecular formula is C18H23N3O3S. The smallest absolute Gasteiger partial charge is 0.224 e. The van der Waals surface area contributed by atoms with Gasteiger partial charge in [0.1, 0.15) is 0 Å². The largest absolute Gasteiger partial charge is 0.353 e. The van der Waals surface area contributed by atoms with Crippen LogP contribution in [0.3, 0.4) is 0 Å². The average molecular weight is 361 g/mol. The number of carbonyl (C=O) groups excluding carboxylic acids is 1. The van der Waals surface area contributed by atoms with E-state index in [0.29, 0.717) is 4.90 Å². The normalized spacial score (nSPS) is 17.3. The van der Waals surface area contributed by atoms with Crippen LogP contribution in [-0.2, 0) is 34.0 Å². The van der Waals surface area contributed by atoms with Crippen LogP contribution in [0.5, 0.6) is 0 Å². The van der Waals surface area contributed by atoms with Crippen molar-refractivity contribution in [2.24, 2.45) is 0 Å². The van der Waals surface area contributed by atoms with E-state index in [2.05, 4.69) is 10.4 Å². The summed E-state index contributed by atoms with van der Waals surface area (Å²) in [5, 5.41) is 6.84. The fourth-order valence-corrected chi connectivity index (χ4v) is 4.08. The van der Waals surface area contributed by atoms with Crippen molar-refractivity contribution in [2.75, 3.05) is 0 Å². The number of carbonyl (C=O) groups is 1. The Kier molecular flexibility index (Phi) is 4.94. The van der Waals surface area contributed by atoms with Gasteiger partial charge in [-0.1, -0.05) is 12.1 Å². The molecule has 0 bridgehead atoms. The van der Waals surface area contributed by atoms with E-state index >= 15 is 0 Å². The summed E-state index contributed by atoms with van der Waals surface area (Å²) >= 11 is 0. The molecule has 1 amide bonds. The maximum absolute atomic E-state index is 12.3. The summed E-state index contributed by atoms with van der Waals surface area (Å²) in [6.45, 7) is 4.13. The number of aryl methyl sites for hydroxylation is 1. The Hall–Kier alpha value is -2.15. The molecule has 0 radical (unpaired) electrons. The summed E-state index contributed by atoms with van der Waals surface area (Å²) < 4.78 is 26.2. The first kappa shape index (κ1) is 17.7. The Labute approximate surface area is 148 Å². The van der Waals surface area contributed by atoms with Crippen LogP contribution in [0.15, 0.2) is 41.4 Å². The van der Waals surface area contributed by atoms with Crippen LogP contribution in [0, 0.1) is 0 Å². The average Bonchev–Trinajstić information content (AvgIpc) is 3.02. The number of fused-ring (bicyclic) bond motifs is 1. The number of hydrogen-bond donors (Lipinski definition) is 1. The second-order valence-electron chi connectivity index (χ2n) is 6.72. The predicted octanol–water partition coefficient (Wildman–Crippen LogP) is 1.74. The second-order valence-corrected chi connectivity index (χ2v) is 9.22. The Bertz CT molecular complexity index is 854. The van der Waals surface area contributed by atoms with Crippen molar-refractivity contribution in [3.8, 4) is 0 Å². The topological polar surface area (TPSA) is 81.1 Å². The van der Waals surface area contributed by atoms with Crippen LogP contribution in [0.25, 0.3) is 0 Å². The molecule has 1 aromatic carbocycles. The maximum Gasteiger partial charge on any atom is 0.224 e. The first-order valence-corrected chi connectivity index (χ1v) is 10.0. The van der Waals surface area contributed by atoms with E-state index in [9.17, 15) is 13.2 Å². The number of hydrogen-bond acceptors (Lipinski definition) is 4. The molecule has 3 rings (SSSR count). The fourth-order valence-electron chi connectivity index (χ4n) is 3.02. The van der Waals surface area contributed by atoms with E-state index in [-0.39, 0.29) is 18.4 Å². The molecule has 1 aliphatic rings. The van der Waals surface area contributed by atoms with Gasteiger partial charge in [-0.3, -0.25) is 9.48 Å². The summed E-state index contributed by atoms with van der Waals surface area (Å²) in [5.74, 6) is -0.0440. The Morgan fingerprint density at radius 1 is 1.28 bits per heavy atom. The van der Waals surface area contributed by atoms with Crippen molar-refractivity contribution in [1.29, 1.82) is 0 Å². The van der Waals surface area contributed by atoms with Gasteiger partial charge < -0.3 is 5.32 Å². The Morgan fingerprint density at radius 3 is 2.68 bits per heavy atom. The first-order chi connectivity index (χ1) is 11.9. The highest BCUT2D eigenvalue weighted by Gasteiger charge is 2.21. The van der Waals surface area contributed by atoms with Crippen LogP contribution in [0.2, 0.25) is 0 Å². The van der Waals surface area contributed by atoms with Crippen molar-refractivity contribution < 1.29 is 13.2 Å². The van der Waals surface area contributed by atoms with E-state index in [1.807, 2.05) is 10.7 Å². The zero-order chi connectivity index (χ0) is 18.0. The van der Waals surface area contributed by atoms with Gasteiger partial charge in [0.25, 0.3) is 0 Å². The van der Waals surface area contributed by atoms with Crippen molar-refractivity contribution in [3.63, 3.8) is 0 Å². The fraction of sp³-hybridized carbons (Fsp3) is 0.444. The molecule has 2 heterocycles. The maximum atomic E-state index is 12.3. The van der Waals surface area contributed by atoms with E-state index in [1.54, 1.807) is 44.3 Å². The van der Waals surface area contributed by atoms with Crippen LogP contribution < -0.4 is 5.32 Å². The first-order valence-electron chi connectivity index (χ1n) is 8.49. The van der Waals surface area contributed by atoms with Crippen molar-refractivity contribution >= 4 is 15.7 Å². The lowest BCUT2D eigenvalue weighted by molar-refractivity contribution is -0.121. The van der Waals surface area contributed by atoms with Gasteiger partial charge in [-0.15, -0.1) is 0 Å². The number of aromatic nitrogens is 2. The number of amides is 1. The molecule has 1 N–H and O–H groups in total. The molecule has 1 unspecified atom stereocenters. The van der Waals surface area contributed by atoms with Gasteiger partial charge in [-0.2, -0.15) is 5.10 Å². The SMILES string of the molecule is CC(C)S(=O)(=O)c1ccc(CC(=O)NC2CCn3nccc3C2)cc1. The van der Waals surface area contributed by atoms with Crippen molar-refractivity contribution in [2.45, 2.75) is 55.8 Å². The van der Waals surface area contributed by atoms with Gasteiger partial charge in [0.2, 0.25) is 5.91 Å². The van der Waals surface area contributed by atoms with Gasteiger partial charge in [-0.05, 0) is 44.0 Å². The van der Waals surface area contributed by atoms with Gasteiger partial charge in [0.15, 0.2) is 9.84 Å². The highest BCUT2D eigenvalue weighted by Crippen LogP contribution is 2.17. The summed E-state index contributed by atoms with van der Waals surface area (Å²) in [6, 6.07) is 8.69. The minimum absolute atomic E-state index is 0.0440. The zero-order valence-corrected chi connectivity index (χ0v) is 15.3. The van der Waals surface area contributed by atoms with Crippen LogP contribution >= 0.6 is 0 Å².